The maximum absolute atomic E-state index is 12.8. The number of alkyl halides is 1. The second-order valence-corrected chi connectivity index (χ2v) is 4.58. The minimum absolute atomic E-state index is 0.0606. The van der Waals surface area contributed by atoms with Crippen LogP contribution in [0, 0.1) is 0 Å². The number of rotatable bonds is 3. The Bertz CT molecular complexity index is 227. The second-order valence-electron chi connectivity index (χ2n) is 4.58. The number of nitrogens with zero attached hydrogens (tertiary/aromatic N) is 1. The van der Waals surface area contributed by atoms with Gasteiger partial charge in [-0.3, -0.25) is 4.90 Å². The zero-order valence-corrected chi connectivity index (χ0v) is 9.29. The van der Waals surface area contributed by atoms with E-state index in [1.807, 2.05) is 0 Å². The van der Waals surface area contributed by atoms with Gasteiger partial charge in [0.15, 0.2) is 0 Å². The quantitative estimate of drug-likeness (QED) is 0.754. The number of halogens is 1. The predicted octanol–water partition coefficient (Wildman–Crippen LogP) is 1.47. The van der Waals surface area contributed by atoms with Crippen LogP contribution in [-0.4, -0.2) is 47.4 Å². The average Bonchev–Trinajstić information content (AvgIpc) is 2.18. The molecule has 0 radical (unpaired) electrons. The molecular weight excluding hydrogens is 199 g/mol. The molecular formula is C10H19FN2O2. The number of hydrogen-bond donors (Lipinski definition) is 2. The van der Waals surface area contributed by atoms with Crippen LogP contribution < -0.4 is 5.32 Å². The predicted molar refractivity (Wildman–Crippen MR) is 55.8 cm³/mol. The van der Waals surface area contributed by atoms with Crippen LogP contribution in [0.5, 0.6) is 0 Å². The van der Waals surface area contributed by atoms with Gasteiger partial charge >= 0.3 is 6.09 Å². The molecule has 0 unspecified atom stereocenters. The van der Waals surface area contributed by atoms with Crippen molar-refractivity contribution in [3.8, 4) is 0 Å². The summed E-state index contributed by atoms with van der Waals surface area (Å²) in [4.78, 5) is 12.4. The molecule has 1 saturated heterocycles. The van der Waals surface area contributed by atoms with E-state index in [4.69, 9.17) is 5.11 Å². The topological polar surface area (TPSA) is 52.6 Å². The summed E-state index contributed by atoms with van der Waals surface area (Å²) in [5.41, 5.74) is -0.923. The molecule has 88 valence electrons. The third-order valence-corrected chi connectivity index (χ3v) is 2.86. The van der Waals surface area contributed by atoms with Gasteiger partial charge in [0.2, 0.25) is 0 Å². The fourth-order valence-electron chi connectivity index (χ4n) is 2.04. The van der Waals surface area contributed by atoms with Crippen LogP contribution in [-0.2, 0) is 0 Å². The first-order valence-corrected chi connectivity index (χ1v) is 5.28. The fourth-order valence-corrected chi connectivity index (χ4v) is 2.04. The van der Waals surface area contributed by atoms with Crippen LogP contribution in [0.4, 0.5) is 9.18 Å². The first kappa shape index (κ1) is 12.2. The van der Waals surface area contributed by atoms with Crippen LogP contribution >= 0.6 is 0 Å². The van der Waals surface area contributed by atoms with Gasteiger partial charge in [0, 0.05) is 6.04 Å². The first-order valence-electron chi connectivity index (χ1n) is 5.28. The molecule has 4 nitrogen and oxygen atoms in total. The van der Waals surface area contributed by atoms with Crippen molar-refractivity contribution in [2.24, 2.45) is 0 Å². The zero-order chi connectivity index (χ0) is 11.5. The lowest BCUT2D eigenvalue weighted by Crippen LogP contribution is -2.56. The standard InChI is InChI=1S/C10H19FN2O2/c1-10(2,7-11)13(9(14)15)8-3-5-12-6-4-8/h8,12H,3-7H2,1-2H3,(H,14,15). The molecule has 5 heteroatoms. The average molecular weight is 218 g/mol. The van der Waals surface area contributed by atoms with Gasteiger partial charge in [0.1, 0.15) is 6.67 Å². The van der Waals surface area contributed by atoms with Crippen LogP contribution in [0.2, 0.25) is 0 Å². The van der Waals surface area contributed by atoms with Gasteiger partial charge in [0.25, 0.3) is 0 Å². The summed E-state index contributed by atoms with van der Waals surface area (Å²) >= 11 is 0. The molecule has 1 aliphatic rings. The summed E-state index contributed by atoms with van der Waals surface area (Å²) in [7, 11) is 0. The summed E-state index contributed by atoms with van der Waals surface area (Å²) < 4.78 is 12.8. The summed E-state index contributed by atoms with van der Waals surface area (Å²) in [6.07, 6.45) is 0.496. The lowest BCUT2D eigenvalue weighted by atomic mass is 9.97. The largest absolute Gasteiger partial charge is 0.465 e. The molecule has 2 N–H and O–H groups in total. The number of amides is 1. The van der Waals surface area contributed by atoms with E-state index in [2.05, 4.69) is 5.32 Å². The van der Waals surface area contributed by atoms with Crippen LogP contribution in [0.25, 0.3) is 0 Å². The molecule has 15 heavy (non-hydrogen) atoms. The molecule has 0 saturated carbocycles. The highest BCUT2D eigenvalue weighted by molar-refractivity contribution is 5.66. The van der Waals surface area contributed by atoms with E-state index in [9.17, 15) is 9.18 Å². The fraction of sp³-hybridized carbons (Fsp3) is 0.900. The zero-order valence-electron chi connectivity index (χ0n) is 9.29. The lowest BCUT2D eigenvalue weighted by Gasteiger charge is -2.41. The maximum atomic E-state index is 12.8. The van der Waals surface area contributed by atoms with Gasteiger partial charge in [-0.15, -0.1) is 0 Å². The Morgan fingerprint density at radius 1 is 1.53 bits per heavy atom. The number of carboxylic acid groups (broad SMARTS) is 1. The minimum atomic E-state index is -1.02. The van der Waals surface area contributed by atoms with E-state index in [1.165, 1.54) is 4.90 Å². The van der Waals surface area contributed by atoms with Crippen LogP contribution in [0.1, 0.15) is 26.7 Å². The molecule has 0 aromatic heterocycles. The molecule has 1 amide bonds. The Morgan fingerprint density at radius 2 is 2.07 bits per heavy atom. The van der Waals surface area contributed by atoms with E-state index >= 15 is 0 Å². The van der Waals surface area contributed by atoms with E-state index in [-0.39, 0.29) is 6.04 Å². The highest BCUT2D eigenvalue weighted by atomic mass is 19.1. The van der Waals surface area contributed by atoms with Crippen molar-refractivity contribution in [1.29, 1.82) is 0 Å². The molecule has 1 heterocycles. The van der Waals surface area contributed by atoms with E-state index in [0.717, 1.165) is 25.9 Å². The monoisotopic (exact) mass is 218 g/mol. The van der Waals surface area contributed by atoms with Gasteiger partial charge in [-0.05, 0) is 39.8 Å². The molecule has 0 bridgehead atoms. The van der Waals surface area contributed by atoms with Crippen molar-refractivity contribution in [1.82, 2.24) is 10.2 Å². The Labute approximate surface area is 89.4 Å². The molecule has 1 fully saturated rings. The Morgan fingerprint density at radius 3 is 2.47 bits per heavy atom. The van der Waals surface area contributed by atoms with Crippen LogP contribution in [0.3, 0.4) is 0 Å². The third kappa shape index (κ3) is 2.81. The molecule has 1 rings (SSSR count). The third-order valence-electron chi connectivity index (χ3n) is 2.86. The molecule has 0 spiro atoms. The molecule has 0 aromatic rings. The highest BCUT2D eigenvalue weighted by Crippen LogP contribution is 2.23. The Balaban J connectivity index is 2.76. The summed E-state index contributed by atoms with van der Waals surface area (Å²) in [5, 5.41) is 12.3. The minimum Gasteiger partial charge on any atom is -0.465 e. The van der Waals surface area contributed by atoms with Gasteiger partial charge in [-0.1, -0.05) is 0 Å². The van der Waals surface area contributed by atoms with Crippen molar-refractivity contribution < 1.29 is 14.3 Å². The first-order chi connectivity index (χ1) is 6.99. The maximum Gasteiger partial charge on any atom is 0.408 e. The molecule has 0 aromatic carbocycles. The Hall–Kier alpha value is -0.840. The number of nitrogens with one attached hydrogen (secondary N) is 1. The van der Waals surface area contributed by atoms with E-state index in [0.29, 0.717) is 0 Å². The van der Waals surface area contributed by atoms with Crippen molar-refractivity contribution in [3.05, 3.63) is 0 Å². The van der Waals surface area contributed by atoms with Crippen molar-refractivity contribution in [3.63, 3.8) is 0 Å². The smallest absolute Gasteiger partial charge is 0.408 e. The number of hydrogen-bond acceptors (Lipinski definition) is 2. The molecule has 0 atom stereocenters. The molecule has 0 aliphatic carbocycles. The SMILES string of the molecule is CC(C)(CF)N(C(=O)O)C1CCNCC1. The lowest BCUT2D eigenvalue weighted by molar-refractivity contribution is 0.0382. The van der Waals surface area contributed by atoms with Crippen LogP contribution in [0.15, 0.2) is 0 Å². The van der Waals surface area contributed by atoms with E-state index in [1.54, 1.807) is 13.8 Å². The summed E-state index contributed by atoms with van der Waals surface area (Å²) in [6, 6.07) is -0.0606. The van der Waals surface area contributed by atoms with E-state index < -0.39 is 18.3 Å². The highest BCUT2D eigenvalue weighted by Gasteiger charge is 2.36. The number of carbonyl (C=O) groups is 1. The Kier molecular flexibility index (Phi) is 3.90. The van der Waals surface area contributed by atoms with Gasteiger partial charge in [-0.25, -0.2) is 9.18 Å². The number of piperidine rings is 1. The summed E-state index contributed by atoms with van der Waals surface area (Å²) in [6.45, 7) is 4.21. The van der Waals surface area contributed by atoms with Crippen molar-refractivity contribution >= 4 is 6.09 Å². The van der Waals surface area contributed by atoms with Crippen molar-refractivity contribution in [2.75, 3.05) is 19.8 Å². The summed E-state index contributed by atoms with van der Waals surface area (Å²) in [5.74, 6) is 0. The van der Waals surface area contributed by atoms with Gasteiger partial charge in [-0.2, -0.15) is 0 Å². The second kappa shape index (κ2) is 4.79. The van der Waals surface area contributed by atoms with Gasteiger partial charge in [0.05, 0.1) is 5.54 Å². The van der Waals surface area contributed by atoms with Gasteiger partial charge < -0.3 is 10.4 Å². The normalized spacial score (nSPS) is 18.9. The van der Waals surface area contributed by atoms with Crippen molar-refractivity contribution in [2.45, 2.75) is 38.3 Å². The molecule has 1 aliphatic heterocycles.